The van der Waals surface area contributed by atoms with Crippen molar-refractivity contribution in [3.05, 3.63) is 56.7 Å². The molecule has 2 aromatic rings. The lowest BCUT2D eigenvalue weighted by atomic mass is 10.2. The minimum atomic E-state index is -0.379. The van der Waals surface area contributed by atoms with E-state index in [1.54, 1.807) is 11.9 Å². The summed E-state index contributed by atoms with van der Waals surface area (Å²) in [5, 5.41) is 0. The molecule has 5 nitrogen and oxygen atoms in total. The van der Waals surface area contributed by atoms with Gasteiger partial charge in [-0.15, -0.1) is 0 Å². The maximum Gasteiger partial charge on any atom is 0.323 e. The number of H-pyrrole nitrogens is 2. The van der Waals surface area contributed by atoms with E-state index in [0.717, 1.165) is 10.0 Å². The van der Waals surface area contributed by atoms with Crippen LogP contribution in [0.25, 0.3) is 0 Å². The van der Waals surface area contributed by atoms with E-state index in [-0.39, 0.29) is 17.3 Å². The summed E-state index contributed by atoms with van der Waals surface area (Å²) in [7, 11) is 1.69. The van der Waals surface area contributed by atoms with Crippen molar-refractivity contribution in [2.45, 2.75) is 6.54 Å². The highest BCUT2D eigenvalue weighted by Gasteiger charge is 2.13. The number of amides is 1. The molecule has 0 aliphatic heterocycles. The zero-order chi connectivity index (χ0) is 13.1. The first-order valence-corrected chi connectivity index (χ1v) is 6.13. The average Bonchev–Trinajstić information content (AvgIpc) is 2.78. The second-order valence-corrected chi connectivity index (χ2v) is 4.86. The standard InChI is InChI=1S/C12H12BrN3O2/c1-16(7-8-2-4-9(13)5-3-8)11(17)10-6-14-12(18)15-10/h2-6H,7H2,1H3,(H2,14,15,18). The molecule has 0 spiro atoms. The highest BCUT2D eigenvalue weighted by Crippen LogP contribution is 2.12. The van der Waals surface area contributed by atoms with Gasteiger partial charge in [0.1, 0.15) is 5.69 Å². The minimum Gasteiger partial charge on any atom is -0.336 e. The van der Waals surface area contributed by atoms with E-state index >= 15 is 0 Å². The van der Waals surface area contributed by atoms with Crippen LogP contribution in [0.1, 0.15) is 16.1 Å². The molecule has 2 N–H and O–H groups in total. The van der Waals surface area contributed by atoms with Gasteiger partial charge in [0.25, 0.3) is 5.91 Å². The van der Waals surface area contributed by atoms with Crippen molar-refractivity contribution in [2.24, 2.45) is 0 Å². The molecule has 0 bridgehead atoms. The molecule has 0 saturated heterocycles. The van der Waals surface area contributed by atoms with Crippen LogP contribution in [0.2, 0.25) is 0 Å². The van der Waals surface area contributed by atoms with Gasteiger partial charge >= 0.3 is 5.69 Å². The Balaban J connectivity index is 2.08. The SMILES string of the molecule is CN(Cc1ccc(Br)cc1)C(=O)c1c[nH]c(=O)[nH]1. The molecule has 0 radical (unpaired) electrons. The van der Waals surface area contributed by atoms with Gasteiger partial charge in [-0.3, -0.25) is 4.79 Å². The number of hydrogen-bond acceptors (Lipinski definition) is 2. The summed E-state index contributed by atoms with van der Waals surface area (Å²) in [6, 6.07) is 7.72. The Morgan fingerprint density at radius 1 is 1.33 bits per heavy atom. The second-order valence-electron chi connectivity index (χ2n) is 3.94. The maximum absolute atomic E-state index is 12.0. The number of rotatable bonds is 3. The van der Waals surface area contributed by atoms with Gasteiger partial charge in [0.05, 0.1) is 0 Å². The molecule has 0 fully saturated rings. The molecule has 0 aliphatic rings. The molecule has 1 aromatic heterocycles. The van der Waals surface area contributed by atoms with Gasteiger partial charge in [-0.25, -0.2) is 4.79 Å². The van der Waals surface area contributed by atoms with Crippen molar-refractivity contribution in [2.75, 3.05) is 7.05 Å². The highest BCUT2D eigenvalue weighted by molar-refractivity contribution is 9.10. The molecular weight excluding hydrogens is 298 g/mol. The largest absolute Gasteiger partial charge is 0.336 e. The predicted octanol–water partition coefficient (Wildman–Crippen LogP) is 1.74. The summed E-state index contributed by atoms with van der Waals surface area (Å²) >= 11 is 3.36. The lowest BCUT2D eigenvalue weighted by Crippen LogP contribution is -2.26. The van der Waals surface area contributed by atoms with Crippen molar-refractivity contribution in [1.29, 1.82) is 0 Å². The minimum absolute atomic E-state index is 0.226. The Labute approximate surface area is 112 Å². The Morgan fingerprint density at radius 2 is 2.00 bits per heavy atom. The summed E-state index contributed by atoms with van der Waals surface area (Å²) in [4.78, 5) is 29.3. The molecule has 18 heavy (non-hydrogen) atoms. The number of nitrogens with one attached hydrogen (secondary N) is 2. The monoisotopic (exact) mass is 309 g/mol. The van der Waals surface area contributed by atoms with E-state index in [2.05, 4.69) is 25.9 Å². The van der Waals surface area contributed by atoms with E-state index in [1.807, 2.05) is 24.3 Å². The summed E-state index contributed by atoms with van der Waals surface area (Å²) in [6.07, 6.45) is 1.38. The number of carbonyl (C=O) groups is 1. The Hall–Kier alpha value is -1.82. The molecule has 1 aromatic carbocycles. The van der Waals surface area contributed by atoms with Crippen LogP contribution in [0.5, 0.6) is 0 Å². The molecule has 2 rings (SSSR count). The molecule has 1 amide bonds. The Morgan fingerprint density at radius 3 is 2.56 bits per heavy atom. The third kappa shape index (κ3) is 2.89. The highest BCUT2D eigenvalue weighted by atomic mass is 79.9. The van der Waals surface area contributed by atoms with Gasteiger partial charge in [0.15, 0.2) is 0 Å². The van der Waals surface area contributed by atoms with Crippen molar-refractivity contribution in [1.82, 2.24) is 14.9 Å². The number of hydrogen-bond donors (Lipinski definition) is 2. The first-order chi connectivity index (χ1) is 8.56. The lowest BCUT2D eigenvalue weighted by molar-refractivity contribution is 0.0779. The topological polar surface area (TPSA) is 69.0 Å². The predicted molar refractivity (Wildman–Crippen MR) is 71.4 cm³/mol. The summed E-state index contributed by atoms with van der Waals surface area (Å²) < 4.78 is 0.996. The van der Waals surface area contributed by atoms with Crippen LogP contribution >= 0.6 is 15.9 Å². The van der Waals surface area contributed by atoms with Gasteiger partial charge in [0, 0.05) is 24.3 Å². The van der Waals surface area contributed by atoms with Gasteiger partial charge in [-0.1, -0.05) is 28.1 Å². The summed E-state index contributed by atoms with van der Waals surface area (Å²) in [5.74, 6) is -0.226. The fourth-order valence-electron chi connectivity index (χ4n) is 1.59. The third-order valence-corrected chi connectivity index (χ3v) is 3.03. The average molecular weight is 310 g/mol. The van der Waals surface area contributed by atoms with E-state index in [4.69, 9.17) is 0 Å². The van der Waals surface area contributed by atoms with Crippen LogP contribution in [0.3, 0.4) is 0 Å². The van der Waals surface area contributed by atoms with Crippen LogP contribution in [-0.2, 0) is 6.54 Å². The van der Waals surface area contributed by atoms with Crippen molar-refractivity contribution in [3.63, 3.8) is 0 Å². The molecule has 94 valence electrons. The van der Waals surface area contributed by atoms with Crippen LogP contribution < -0.4 is 5.69 Å². The van der Waals surface area contributed by atoms with Gasteiger partial charge < -0.3 is 14.9 Å². The van der Waals surface area contributed by atoms with E-state index in [1.165, 1.54) is 6.20 Å². The van der Waals surface area contributed by atoms with E-state index in [0.29, 0.717) is 6.54 Å². The van der Waals surface area contributed by atoms with Gasteiger partial charge in [-0.2, -0.15) is 0 Å². The van der Waals surface area contributed by atoms with Crippen molar-refractivity contribution < 1.29 is 4.79 Å². The quantitative estimate of drug-likeness (QED) is 0.906. The molecule has 1 heterocycles. The van der Waals surface area contributed by atoms with Crippen molar-refractivity contribution in [3.8, 4) is 0 Å². The zero-order valence-electron chi connectivity index (χ0n) is 9.74. The molecule has 0 unspecified atom stereocenters. The maximum atomic E-state index is 12.0. The van der Waals surface area contributed by atoms with Crippen molar-refractivity contribution >= 4 is 21.8 Å². The fraction of sp³-hybridized carbons (Fsp3) is 0.167. The Kier molecular flexibility index (Phi) is 3.66. The van der Waals surface area contributed by atoms with Gasteiger partial charge in [-0.05, 0) is 17.7 Å². The normalized spacial score (nSPS) is 10.3. The van der Waals surface area contributed by atoms with Gasteiger partial charge in [0.2, 0.25) is 0 Å². The molecule has 6 heteroatoms. The molecule has 0 atom stereocenters. The molecule has 0 aliphatic carbocycles. The van der Waals surface area contributed by atoms with E-state index < -0.39 is 0 Å². The van der Waals surface area contributed by atoms with Crippen LogP contribution in [0.4, 0.5) is 0 Å². The first kappa shape index (κ1) is 12.6. The van der Waals surface area contributed by atoms with Crippen LogP contribution in [0.15, 0.2) is 39.7 Å². The van der Waals surface area contributed by atoms with E-state index in [9.17, 15) is 9.59 Å². The number of imidazole rings is 1. The number of benzene rings is 1. The zero-order valence-corrected chi connectivity index (χ0v) is 11.3. The number of aromatic amines is 2. The van der Waals surface area contributed by atoms with Crippen LogP contribution in [-0.4, -0.2) is 27.8 Å². The number of nitrogens with zero attached hydrogens (tertiary/aromatic N) is 1. The number of halogens is 1. The fourth-order valence-corrected chi connectivity index (χ4v) is 1.85. The third-order valence-electron chi connectivity index (χ3n) is 2.51. The van der Waals surface area contributed by atoms with Crippen LogP contribution in [0, 0.1) is 0 Å². The molecule has 0 saturated carbocycles. The Bertz CT molecular complexity index is 600. The lowest BCUT2D eigenvalue weighted by Gasteiger charge is -2.16. The summed E-state index contributed by atoms with van der Waals surface area (Å²) in [6.45, 7) is 0.485. The first-order valence-electron chi connectivity index (χ1n) is 5.34. The number of aromatic nitrogens is 2. The number of carbonyl (C=O) groups excluding carboxylic acids is 1. The smallest absolute Gasteiger partial charge is 0.323 e. The summed E-state index contributed by atoms with van der Waals surface area (Å²) in [5.41, 5.74) is 0.905. The molecular formula is C12H12BrN3O2. The second kappa shape index (κ2) is 5.22.